The molecule has 0 aromatic heterocycles. The van der Waals surface area contributed by atoms with Crippen molar-refractivity contribution in [3.63, 3.8) is 0 Å². The quantitative estimate of drug-likeness (QED) is 0.694. The molecule has 5 heteroatoms. The Balaban J connectivity index is 2.32. The molecule has 0 bridgehead atoms. The second-order valence-electron chi connectivity index (χ2n) is 4.39. The van der Waals surface area contributed by atoms with Gasteiger partial charge in [0.15, 0.2) is 0 Å². The molecule has 0 atom stereocenters. The summed E-state index contributed by atoms with van der Waals surface area (Å²) in [5.74, 6) is 0.183. The molecule has 0 aliphatic carbocycles. The van der Waals surface area contributed by atoms with E-state index in [1.807, 2.05) is 13.8 Å². The molecule has 0 heterocycles. The van der Waals surface area contributed by atoms with Crippen LogP contribution in [0.4, 0.5) is 0 Å². The molecule has 3 N–H and O–H groups in total. The van der Waals surface area contributed by atoms with Gasteiger partial charge in [-0.3, -0.25) is 4.79 Å². The van der Waals surface area contributed by atoms with Crippen molar-refractivity contribution in [3.8, 4) is 5.75 Å². The average molecular weight is 271 g/mol. The summed E-state index contributed by atoms with van der Waals surface area (Å²) in [4.78, 5) is 11.4. The van der Waals surface area contributed by atoms with Crippen LogP contribution < -0.4 is 10.6 Å². The number of hydrogen-bond acceptors (Lipinski definition) is 3. The fourth-order valence-electron chi connectivity index (χ4n) is 1.53. The zero-order chi connectivity index (χ0) is 13.5. The molecule has 0 unspecified atom stereocenters. The van der Waals surface area contributed by atoms with Gasteiger partial charge in [0.1, 0.15) is 5.75 Å². The SMILES string of the molecule is CC(C)NC(=O)CCNCc1c(O)cccc1Cl. The molecule has 4 nitrogen and oxygen atoms in total. The van der Waals surface area contributed by atoms with Crippen molar-refractivity contribution < 1.29 is 9.90 Å². The Morgan fingerprint density at radius 1 is 1.44 bits per heavy atom. The van der Waals surface area contributed by atoms with Crippen LogP contribution in [0.25, 0.3) is 0 Å². The number of rotatable bonds is 6. The van der Waals surface area contributed by atoms with Crippen LogP contribution in [0, 0.1) is 0 Å². The number of nitrogens with one attached hydrogen (secondary N) is 2. The zero-order valence-electron chi connectivity index (χ0n) is 10.7. The second kappa shape index (κ2) is 7.24. The molecule has 1 aromatic carbocycles. The fourth-order valence-corrected chi connectivity index (χ4v) is 1.77. The Hall–Kier alpha value is -1.26. The van der Waals surface area contributed by atoms with Crippen LogP contribution in [-0.2, 0) is 11.3 Å². The highest BCUT2D eigenvalue weighted by atomic mass is 35.5. The maximum Gasteiger partial charge on any atom is 0.221 e. The van der Waals surface area contributed by atoms with E-state index in [1.54, 1.807) is 18.2 Å². The molecule has 100 valence electrons. The van der Waals surface area contributed by atoms with Gasteiger partial charge in [-0.25, -0.2) is 0 Å². The van der Waals surface area contributed by atoms with Gasteiger partial charge >= 0.3 is 0 Å². The molecule has 0 aliphatic rings. The smallest absolute Gasteiger partial charge is 0.221 e. The Morgan fingerprint density at radius 2 is 2.17 bits per heavy atom. The van der Waals surface area contributed by atoms with E-state index in [0.29, 0.717) is 30.1 Å². The summed E-state index contributed by atoms with van der Waals surface area (Å²) >= 11 is 5.96. The molecular formula is C13H19ClN2O2. The van der Waals surface area contributed by atoms with Crippen LogP contribution in [0.2, 0.25) is 5.02 Å². The lowest BCUT2D eigenvalue weighted by Crippen LogP contribution is -2.32. The van der Waals surface area contributed by atoms with Gasteiger partial charge in [0, 0.05) is 36.1 Å². The van der Waals surface area contributed by atoms with Crippen LogP contribution in [0.5, 0.6) is 5.75 Å². The van der Waals surface area contributed by atoms with Gasteiger partial charge in [0.05, 0.1) is 0 Å². The number of carbonyl (C=O) groups excluding carboxylic acids is 1. The highest BCUT2D eigenvalue weighted by Gasteiger charge is 2.06. The molecule has 18 heavy (non-hydrogen) atoms. The van der Waals surface area contributed by atoms with E-state index in [4.69, 9.17) is 11.6 Å². The molecule has 0 saturated heterocycles. The van der Waals surface area contributed by atoms with Crippen molar-refractivity contribution in [1.82, 2.24) is 10.6 Å². The van der Waals surface area contributed by atoms with E-state index in [0.717, 1.165) is 0 Å². The summed E-state index contributed by atoms with van der Waals surface area (Å²) in [6.07, 6.45) is 0.406. The summed E-state index contributed by atoms with van der Waals surface area (Å²) in [7, 11) is 0. The first kappa shape index (κ1) is 14.8. The van der Waals surface area contributed by atoms with Crippen LogP contribution in [0.3, 0.4) is 0 Å². The summed E-state index contributed by atoms with van der Waals surface area (Å²) in [5.41, 5.74) is 0.656. The van der Waals surface area contributed by atoms with E-state index in [1.165, 1.54) is 0 Å². The molecular weight excluding hydrogens is 252 g/mol. The van der Waals surface area contributed by atoms with Gasteiger partial charge in [0.2, 0.25) is 5.91 Å². The minimum absolute atomic E-state index is 0.0147. The van der Waals surface area contributed by atoms with Gasteiger partial charge in [0.25, 0.3) is 0 Å². The average Bonchev–Trinajstić information content (AvgIpc) is 2.26. The van der Waals surface area contributed by atoms with Crippen molar-refractivity contribution in [2.24, 2.45) is 0 Å². The first-order valence-electron chi connectivity index (χ1n) is 5.97. The lowest BCUT2D eigenvalue weighted by molar-refractivity contribution is -0.121. The first-order chi connectivity index (χ1) is 8.50. The van der Waals surface area contributed by atoms with Crippen molar-refractivity contribution in [2.45, 2.75) is 32.9 Å². The maximum atomic E-state index is 11.4. The van der Waals surface area contributed by atoms with Crippen molar-refractivity contribution in [3.05, 3.63) is 28.8 Å². The fraction of sp³-hybridized carbons (Fsp3) is 0.462. The lowest BCUT2D eigenvalue weighted by atomic mass is 10.2. The number of phenols is 1. The Bertz CT molecular complexity index is 388. The minimum Gasteiger partial charge on any atom is -0.508 e. The third kappa shape index (κ3) is 4.94. The molecule has 0 saturated carbocycles. The Morgan fingerprint density at radius 3 is 2.78 bits per heavy atom. The van der Waals surface area contributed by atoms with E-state index >= 15 is 0 Å². The van der Waals surface area contributed by atoms with Crippen molar-refractivity contribution >= 4 is 17.5 Å². The molecule has 0 radical (unpaired) electrons. The topological polar surface area (TPSA) is 61.4 Å². The third-order valence-electron chi connectivity index (χ3n) is 2.37. The Labute approximate surface area is 112 Å². The minimum atomic E-state index is 0.0147. The number of halogens is 1. The van der Waals surface area contributed by atoms with E-state index in [-0.39, 0.29) is 17.7 Å². The molecule has 0 fully saturated rings. The largest absolute Gasteiger partial charge is 0.508 e. The summed E-state index contributed by atoms with van der Waals surface area (Å²) in [5, 5.41) is 16.0. The van der Waals surface area contributed by atoms with E-state index in [2.05, 4.69) is 10.6 Å². The molecule has 1 amide bonds. The molecule has 1 rings (SSSR count). The number of phenolic OH excluding ortho intramolecular Hbond substituents is 1. The first-order valence-corrected chi connectivity index (χ1v) is 6.35. The summed E-state index contributed by atoms with van der Waals surface area (Å²) in [6, 6.07) is 5.17. The van der Waals surface area contributed by atoms with Crippen LogP contribution in [0.1, 0.15) is 25.8 Å². The highest BCUT2D eigenvalue weighted by Crippen LogP contribution is 2.24. The van der Waals surface area contributed by atoms with Gasteiger partial charge in [-0.1, -0.05) is 17.7 Å². The van der Waals surface area contributed by atoms with Gasteiger partial charge in [-0.2, -0.15) is 0 Å². The zero-order valence-corrected chi connectivity index (χ0v) is 11.4. The molecule has 1 aromatic rings. The van der Waals surface area contributed by atoms with Gasteiger partial charge < -0.3 is 15.7 Å². The number of carbonyl (C=O) groups is 1. The van der Waals surface area contributed by atoms with E-state index < -0.39 is 0 Å². The predicted octanol–water partition coefficient (Wildman–Crippen LogP) is 2.05. The predicted molar refractivity (Wildman–Crippen MR) is 72.7 cm³/mol. The van der Waals surface area contributed by atoms with Crippen molar-refractivity contribution in [2.75, 3.05) is 6.54 Å². The monoisotopic (exact) mass is 270 g/mol. The molecule has 0 aliphatic heterocycles. The Kier molecular flexibility index (Phi) is 5.95. The maximum absolute atomic E-state index is 11.4. The highest BCUT2D eigenvalue weighted by molar-refractivity contribution is 6.31. The van der Waals surface area contributed by atoms with E-state index in [9.17, 15) is 9.90 Å². The standard InChI is InChI=1S/C13H19ClN2O2/c1-9(2)16-13(18)6-7-15-8-10-11(14)4-3-5-12(10)17/h3-5,9,15,17H,6-8H2,1-2H3,(H,16,18). The van der Waals surface area contributed by atoms with Gasteiger partial charge in [-0.15, -0.1) is 0 Å². The lowest BCUT2D eigenvalue weighted by Gasteiger charge is -2.10. The number of hydrogen-bond donors (Lipinski definition) is 3. The van der Waals surface area contributed by atoms with Crippen LogP contribution in [0.15, 0.2) is 18.2 Å². The normalized spacial score (nSPS) is 10.7. The number of aromatic hydroxyl groups is 1. The second-order valence-corrected chi connectivity index (χ2v) is 4.79. The molecule has 0 spiro atoms. The number of benzene rings is 1. The van der Waals surface area contributed by atoms with Crippen LogP contribution >= 0.6 is 11.6 Å². The third-order valence-corrected chi connectivity index (χ3v) is 2.73. The summed E-state index contributed by atoms with van der Waals surface area (Å²) < 4.78 is 0. The summed E-state index contributed by atoms with van der Waals surface area (Å²) in [6.45, 7) is 4.84. The van der Waals surface area contributed by atoms with Crippen molar-refractivity contribution in [1.29, 1.82) is 0 Å². The van der Waals surface area contributed by atoms with Crippen LogP contribution in [-0.4, -0.2) is 23.6 Å². The van der Waals surface area contributed by atoms with Gasteiger partial charge in [-0.05, 0) is 26.0 Å². The number of amides is 1.